The van der Waals surface area contributed by atoms with E-state index in [0.717, 1.165) is 12.2 Å². The number of carbonyl (C=O) groups excluding carboxylic acids is 2. The Hall–Kier alpha value is -1.54. The number of rotatable bonds is 2. The Morgan fingerprint density at radius 1 is 1.09 bits per heavy atom. The zero-order valence-corrected chi connectivity index (χ0v) is 6.29. The molecule has 0 heterocycles. The molecule has 0 saturated carbocycles. The Labute approximate surface area is 64.1 Å². The normalized spacial score (nSPS) is 7.45. The SMILES string of the molecule is COC(=O)C=C=CC(=O)OC. The minimum absolute atomic E-state index is 0.565. The summed E-state index contributed by atoms with van der Waals surface area (Å²) in [4.78, 5) is 20.7. The molecule has 60 valence electrons. The highest BCUT2D eigenvalue weighted by Gasteiger charge is 1.89. The summed E-state index contributed by atoms with van der Waals surface area (Å²) in [6, 6.07) is 0. The summed E-state index contributed by atoms with van der Waals surface area (Å²) in [5, 5.41) is 0. The fraction of sp³-hybridized carbons (Fsp3) is 0.286. The van der Waals surface area contributed by atoms with Crippen LogP contribution in [-0.2, 0) is 19.1 Å². The summed E-state index contributed by atoms with van der Waals surface area (Å²) in [7, 11) is 2.47. The minimum atomic E-state index is -0.565. The van der Waals surface area contributed by atoms with Crippen molar-refractivity contribution in [1.82, 2.24) is 0 Å². The highest BCUT2D eigenvalue weighted by molar-refractivity contribution is 5.85. The first-order valence-corrected chi connectivity index (χ1v) is 2.79. The van der Waals surface area contributed by atoms with Crippen molar-refractivity contribution in [2.45, 2.75) is 0 Å². The quantitative estimate of drug-likeness (QED) is 0.322. The van der Waals surface area contributed by atoms with Crippen molar-refractivity contribution in [2.24, 2.45) is 0 Å². The summed E-state index contributed by atoms with van der Waals surface area (Å²) in [5.74, 6) is -1.13. The predicted molar refractivity (Wildman–Crippen MR) is 36.7 cm³/mol. The van der Waals surface area contributed by atoms with Gasteiger partial charge in [0.05, 0.1) is 26.4 Å². The van der Waals surface area contributed by atoms with E-state index in [9.17, 15) is 9.59 Å². The second-order valence-corrected chi connectivity index (χ2v) is 1.50. The fourth-order valence-electron chi connectivity index (χ4n) is 0.296. The molecule has 0 saturated heterocycles. The van der Waals surface area contributed by atoms with Crippen molar-refractivity contribution in [3.8, 4) is 0 Å². The van der Waals surface area contributed by atoms with Crippen LogP contribution >= 0.6 is 0 Å². The van der Waals surface area contributed by atoms with Crippen LogP contribution in [0.5, 0.6) is 0 Å². The molecule has 0 aromatic rings. The maximum absolute atomic E-state index is 10.4. The zero-order chi connectivity index (χ0) is 8.69. The first kappa shape index (κ1) is 9.46. The van der Waals surface area contributed by atoms with Crippen molar-refractivity contribution in [1.29, 1.82) is 0 Å². The van der Waals surface area contributed by atoms with E-state index < -0.39 is 11.9 Å². The average Bonchev–Trinajstić information content (AvgIpc) is 2.04. The van der Waals surface area contributed by atoms with Gasteiger partial charge in [-0.25, -0.2) is 9.59 Å². The van der Waals surface area contributed by atoms with Gasteiger partial charge in [0.25, 0.3) is 0 Å². The van der Waals surface area contributed by atoms with Crippen molar-refractivity contribution >= 4 is 11.9 Å². The molecule has 0 amide bonds. The number of methoxy groups -OCH3 is 2. The van der Waals surface area contributed by atoms with Gasteiger partial charge in [0.15, 0.2) is 0 Å². The molecule has 0 bridgehead atoms. The van der Waals surface area contributed by atoms with Crippen LogP contribution < -0.4 is 0 Å². The second-order valence-electron chi connectivity index (χ2n) is 1.50. The van der Waals surface area contributed by atoms with Crippen LogP contribution in [0.4, 0.5) is 0 Å². The number of ether oxygens (including phenoxy) is 2. The first-order chi connectivity index (χ1) is 5.20. The lowest BCUT2D eigenvalue weighted by atomic mass is 10.5. The lowest BCUT2D eigenvalue weighted by molar-refractivity contribution is -0.135. The van der Waals surface area contributed by atoms with Crippen LogP contribution in [0.25, 0.3) is 0 Å². The molecule has 0 radical (unpaired) electrons. The molecule has 0 unspecified atom stereocenters. The lowest BCUT2D eigenvalue weighted by Gasteiger charge is -1.86. The molecular weight excluding hydrogens is 148 g/mol. The third-order valence-electron chi connectivity index (χ3n) is 0.805. The maximum Gasteiger partial charge on any atom is 0.338 e. The summed E-state index contributed by atoms with van der Waals surface area (Å²) in [5.41, 5.74) is 2.29. The van der Waals surface area contributed by atoms with E-state index >= 15 is 0 Å². The van der Waals surface area contributed by atoms with E-state index in [4.69, 9.17) is 0 Å². The van der Waals surface area contributed by atoms with Crippen LogP contribution in [-0.4, -0.2) is 26.2 Å². The molecule has 0 aromatic heterocycles. The monoisotopic (exact) mass is 156 g/mol. The van der Waals surface area contributed by atoms with Crippen molar-refractivity contribution in [3.05, 3.63) is 17.9 Å². The van der Waals surface area contributed by atoms with E-state index in [1.807, 2.05) is 0 Å². The molecule has 4 nitrogen and oxygen atoms in total. The maximum atomic E-state index is 10.4. The number of carbonyl (C=O) groups is 2. The van der Waals surface area contributed by atoms with Crippen molar-refractivity contribution in [2.75, 3.05) is 14.2 Å². The standard InChI is InChI=1S/C7H8O4/c1-10-6(8)4-3-5-7(9)11-2/h4-5H,1-2H3. The Morgan fingerprint density at radius 3 is 1.73 bits per heavy atom. The Bertz CT molecular complexity index is 190. The minimum Gasteiger partial charge on any atom is -0.465 e. The van der Waals surface area contributed by atoms with Crippen LogP contribution in [0.3, 0.4) is 0 Å². The van der Waals surface area contributed by atoms with Crippen molar-refractivity contribution < 1.29 is 19.1 Å². The van der Waals surface area contributed by atoms with Gasteiger partial charge in [-0.2, -0.15) is 0 Å². The third-order valence-corrected chi connectivity index (χ3v) is 0.805. The Morgan fingerprint density at radius 2 is 1.45 bits per heavy atom. The summed E-state index contributed by atoms with van der Waals surface area (Å²) in [6.45, 7) is 0. The predicted octanol–water partition coefficient (Wildman–Crippen LogP) is 0.0437. The smallest absolute Gasteiger partial charge is 0.338 e. The van der Waals surface area contributed by atoms with E-state index in [0.29, 0.717) is 0 Å². The van der Waals surface area contributed by atoms with Gasteiger partial charge < -0.3 is 9.47 Å². The van der Waals surface area contributed by atoms with Crippen LogP contribution in [0.1, 0.15) is 0 Å². The van der Waals surface area contributed by atoms with Crippen LogP contribution in [0.15, 0.2) is 17.9 Å². The van der Waals surface area contributed by atoms with Gasteiger partial charge in [-0.3, -0.25) is 0 Å². The van der Waals surface area contributed by atoms with E-state index in [1.165, 1.54) is 14.2 Å². The number of hydrogen-bond donors (Lipinski definition) is 0. The molecule has 0 aliphatic carbocycles. The molecule has 0 N–H and O–H groups in total. The van der Waals surface area contributed by atoms with E-state index in [1.54, 1.807) is 0 Å². The molecule has 0 spiro atoms. The number of hydrogen-bond acceptors (Lipinski definition) is 4. The van der Waals surface area contributed by atoms with Gasteiger partial charge >= 0.3 is 11.9 Å². The Balaban J connectivity index is 4.00. The van der Waals surface area contributed by atoms with Gasteiger partial charge in [-0.15, -0.1) is 5.73 Å². The van der Waals surface area contributed by atoms with E-state index in [2.05, 4.69) is 15.2 Å². The largest absolute Gasteiger partial charge is 0.465 e. The molecule has 0 aliphatic rings. The van der Waals surface area contributed by atoms with Crippen molar-refractivity contribution in [3.63, 3.8) is 0 Å². The molecule has 11 heavy (non-hydrogen) atoms. The molecule has 0 fully saturated rings. The topological polar surface area (TPSA) is 52.6 Å². The lowest BCUT2D eigenvalue weighted by Crippen LogP contribution is -1.94. The molecule has 0 rings (SSSR count). The van der Waals surface area contributed by atoms with Gasteiger partial charge in [-0.05, 0) is 0 Å². The average molecular weight is 156 g/mol. The van der Waals surface area contributed by atoms with Gasteiger partial charge in [0.1, 0.15) is 0 Å². The molecule has 0 aliphatic heterocycles. The van der Waals surface area contributed by atoms with Gasteiger partial charge in [0, 0.05) is 0 Å². The highest BCUT2D eigenvalue weighted by atomic mass is 16.5. The Kier molecular flexibility index (Phi) is 4.52. The van der Waals surface area contributed by atoms with Crippen LogP contribution in [0, 0.1) is 0 Å². The highest BCUT2D eigenvalue weighted by Crippen LogP contribution is 1.77. The molecule has 0 aromatic carbocycles. The molecule has 4 heteroatoms. The zero-order valence-electron chi connectivity index (χ0n) is 6.29. The second kappa shape index (κ2) is 5.26. The summed E-state index contributed by atoms with van der Waals surface area (Å²) < 4.78 is 8.47. The fourth-order valence-corrected chi connectivity index (χ4v) is 0.296. The summed E-state index contributed by atoms with van der Waals surface area (Å²) in [6.07, 6.45) is 1.99. The van der Waals surface area contributed by atoms with Gasteiger partial charge in [-0.1, -0.05) is 0 Å². The third kappa shape index (κ3) is 4.93. The van der Waals surface area contributed by atoms with E-state index in [-0.39, 0.29) is 0 Å². The van der Waals surface area contributed by atoms with Gasteiger partial charge in [0.2, 0.25) is 0 Å². The van der Waals surface area contributed by atoms with Crippen LogP contribution in [0.2, 0.25) is 0 Å². The summed E-state index contributed by atoms with van der Waals surface area (Å²) >= 11 is 0. The number of esters is 2. The molecule has 0 atom stereocenters. The first-order valence-electron chi connectivity index (χ1n) is 2.79. The molecular formula is C7H8O4.